The Labute approximate surface area is 122 Å². The molecule has 0 amide bonds. The first-order valence-electron chi connectivity index (χ1n) is 7.10. The maximum absolute atomic E-state index is 6.14. The molecule has 3 heteroatoms. The molecule has 106 valence electrons. The van der Waals surface area contributed by atoms with Crippen LogP contribution in [0.25, 0.3) is 0 Å². The van der Waals surface area contributed by atoms with Crippen LogP contribution in [0, 0.1) is 5.92 Å². The van der Waals surface area contributed by atoms with E-state index in [-0.39, 0.29) is 5.54 Å². The van der Waals surface area contributed by atoms with Crippen molar-refractivity contribution < 1.29 is 0 Å². The van der Waals surface area contributed by atoms with Crippen molar-refractivity contribution in [1.82, 2.24) is 5.32 Å². The average molecular weight is 281 g/mol. The van der Waals surface area contributed by atoms with E-state index >= 15 is 0 Å². The fourth-order valence-corrected chi connectivity index (χ4v) is 2.41. The van der Waals surface area contributed by atoms with Crippen molar-refractivity contribution in [2.24, 2.45) is 5.92 Å². The van der Waals surface area contributed by atoms with Crippen molar-refractivity contribution in [2.45, 2.75) is 45.7 Å². The summed E-state index contributed by atoms with van der Waals surface area (Å²) in [5, 5.41) is 4.36. The highest BCUT2D eigenvalue weighted by Gasteiger charge is 2.24. The smallest absolute Gasteiger partial charge is 0.0410 e. The Kier molecular flexibility index (Phi) is 4.42. The van der Waals surface area contributed by atoms with Gasteiger partial charge in [-0.1, -0.05) is 11.6 Å². The highest BCUT2D eigenvalue weighted by molar-refractivity contribution is 6.30. The van der Waals surface area contributed by atoms with Crippen LogP contribution in [0.5, 0.6) is 0 Å². The molecule has 0 bridgehead atoms. The Morgan fingerprint density at radius 2 is 2.00 bits per heavy atom. The van der Waals surface area contributed by atoms with Gasteiger partial charge in [0.25, 0.3) is 0 Å². The summed E-state index contributed by atoms with van der Waals surface area (Å²) in [6.07, 6.45) is 2.76. The molecular weight excluding hydrogens is 256 g/mol. The summed E-state index contributed by atoms with van der Waals surface area (Å²) in [6, 6.07) is 6.21. The normalized spacial score (nSPS) is 15.6. The molecule has 2 nitrogen and oxygen atoms in total. The van der Waals surface area contributed by atoms with Crippen LogP contribution in [0.3, 0.4) is 0 Å². The summed E-state index contributed by atoms with van der Waals surface area (Å²) in [5.41, 5.74) is 2.70. The summed E-state index contributed by atoms with van der Waals surface area (Å²) in [6.45, 7) is 8.57. The molecule has 1 aliphatic carbocycles. The Hall–Kier alpha value is -0.730. The van der Waals surface area contributed by atoms with Crippen molar-refractivity contribution in [2.75, 3.05) is 18.5 Å². The van der Waals surface area contributed by atoms with Crippen LogP contribution in [-0.4, -0.2) is 19.1 Å². The van der Waals surface area contributed by atoms with Gasteiger partial charge in [0.2, 0.25) is 0 Å². The van der Waals surface area contributed by atoms with Gasteiger partial charge in [-0.25, -0.2) is 0 Å². The number of halogens is 1. The molecule has 1 N–H and O–H groups in total. The summed E-state index contributed by atoms with van der Waals surface area (Å²) in [7, 11) is 2.18. The second-order valence-corrected chi connectivity index (χ2v) is 7.14. The summed E-state index contributed by atoms with van der Waals surface area (Å²) in [5.74, 6) is 0.893. The number of hydrogen-bond donors (Lipinski definition) is 1. The quantitative estimate of drug-likeness (QED) is 0.874. The lowest BCUT2D eigenvalue weighted by Gasteiger charge is -2.26. The zero-order valence-electron chi connectivity index (χ0n) is 12.5. The van der Waals surface area contributed by atoms with Gasteiger partial charge in [-0.15, -0.1) is 0 Å². The molecule has 2 rings (SSSR count). The van der Waals surface area contributed by atoms with Crippen molar-refractivity contribution in [1.29, 1.82) is 0 Å². The Morgan fingerprint density at radius 1 is 1.32 bits per heavy atom. The number of benzene rings is 1. The highest BCUT2D eigenvalue weighted by atomic mass is 35.5. The first-order chi connectivity index (χ1) is 8.85. The SMILES string of the molecule is CN(CC1CC1)c1ccc(Cl)cc1CNC(C)(C)C. The van der Waals surface area contributed by atoms with E-state index in [0.717, 1.165) is 24.0 Å². The Morgan fingerprint density at radius 3 is 2.58 bits per heavy atom. The van der Waals surface area contributed by atoms with Crippen LogP contribution in [0.1, 0.15) is 39.2 Å². The third-order valence-electron chi connectivity index (χ3n) is 3.49. The molecule has 0 saturated heterocycles. The van der Waals surface area contributed by atoms with E-state index in [1.807, 2.05) is 6.07 Å². The number of hydrogen-bond acceptors (Lipinski definition) is 2. The zero-order chi connectivity index (χ0) is 14.0. The van der Waals surface area contributed by atoms with E-state index in [9.17, 15) is 0 Å². The Bertz CT molecular complexity index is 433. The summed E-state index contributed by atoms with van der Waals surface area (Å²) in [4.78, 5) is 2.37. The lowest BCUT2D eigenvalue weighted by molar-refractivity contribution is 0.424. The van der Waals surface area contributed by atoms with Gasteiger partial charge in [0.15, 0.2) is 0 Å². The van der Waals surface area contributed by atoms with Crippen molar-refractivity contribution >= 4 is 17.3 Å². The molecule has 1 aromatic carbocycles. The molecule has 1 fully saturated rings. The molecule has 0 spiro atoms. The molecule has 0 atom stereocenters. The molecule has 1 aliphatic rings. The molecule has 0 unspecified atom stereocenters. The van der Waals surface area contributed by atoms with Crippen molar-refractivity contribution in [3.63, 3.8) is 0 Å². The second-order valence-electron chi connectivity index (χ2n) is 6.70. The molecule has 0 aromatic heterocycles. The van der Waals surface area contributed by atoms with Gasteiger partial charge in [0.05, 0.1) is 0 Å². The fraction of sp³-hybridized carbons (Fsp3) is 0.625. The predicted octanol–water partition coefficient (Wildman–Crippen LogP) is 4.07. The minimum Gasteiger partial charge on any atom is -0.374 e. The predicted molar refractivity (Wildman–Crippen MR) is 84.0 cm³/mol. The van der Waals surface area contributed by atoms with E-state index in [0.29, 0.717) is 0 Å². The van der Waals surface area contributed by atoms with E-state index in [2.05, 4.69) is 50.2 Å². The first-order valence-corrected chi connectivity index (χ1v) is 7.47. The molecule has 19 heavy (non-hydrogen) atoms. The van der Waals surface area contributed by atoms with E-state index in [1.54, 1.807) is 0 Å². The van der Waals surface area contributed by atoms with Crippen LogP contribution in [0.4, 0.5) is 5.69 Å². The third-order valence-corrected chi connectivity index (χ3v) is 3.73. The molecule has 0 aliphatic heterocycles. The number of nitrogens with zero attached hydrogens (tertiary/aromatic N) is 1. The Balaban J connectivity index is 2.11. The number of anilines is 1. The van der Waals surface area contributed by atoms with Crippen LogP contribution >= 0.6 is 11.6 Å². The zero-order valence-corrected chi connectivity index (χ0v) is 13.2. The number of nitrogens with one attached hydrogen (secondary N) is 1. The van der Waals surface area contributed by atoms with Gasteiger partial charge in [0, 0.05) is 36.4 Å². The summed E-state index contributed by atoms with van der Waals surface area (Å²) < 4.78 is 0. The lowest BCUT2D eigenvalue weighted by atomic mass is 10.1. The topological polar surface area (TPSA) is 15.3 Å². The van der Waals surface area contributed by atoms with Crippen LogP contribution in [0.15, 0.2) is 18.2 Å². The monoisotopic (exact) mass is 280 g/mol. The fourth-order valence-electron chi connectivity index (χ4n) is 2.21. The third kappa shape index (κ3) is 4.70. The maximum atomic E-state index is 6.14. The summed E-state index contributed by atoms with van der Waals surface area (Å²) >= 11 is 6.14. The number of rotatable bonds is 5. The molecule has 1 saturated carbocycles. The van der Waals surface area contributed by atoms with Gasteiger partial charge in [-0.3, -0.25) is 0 Å². The van der Waals surface area contributed by atoms with E-state index in [1.165, 1.54) is 24.1 Å². The van der Waals surface area contributed by atoms with Crippen LogP contribution in [0.2, 0.25) is 5.02 Å². The van der Waals surface area contributed by atoms with Gasteiger partial charge in [0.1, 0.15) is 0 Å². The van der Waals surface area contributed by atoms with Gasteiger partial charge in [-0.2, -0.15) is 0 Å². The highest BCUT2D eigenvalue weighted by Crippen LogP contribution is 2.32. The largest absolute Gasteiger partial charge is 0.374 e. The molecule has 0 radical (unpaired) electrons. The first kappa shape index (κ1) is 14.7. The minimum atomic E-state index is 0.120. The molecular formula is C16H25ClN2. The van der Waals surface area contributed by atoms with Crippen molar-refractivity contribution in [3.05, 3.63) is 28.8 Å². The van der Waals surface area contributed by atoms with Crippen molar-refractivity contribution in [3.8, 4) is 0 Å². The van der Waals surface area contributed by atoms with Crippen LogP contribution in [-0.2, 0) is 6.54 Å². The minimum absolute atomic E-state index is 0.120. The van der Waals surface area contributed by atoms with Gasteiger partial charge < -0.3 is 10.2 Å². The van der Waals surface area contributed by atoms with E-state index in [4.69, 9.17) is 11.6 Å². The van der Waals surface area contributed by atoms with Crippen LogP contribution < -0.4 is 10.2 Å². The maximum Gasteiger partial charge on any atom is 0.0410 e. The lowest BCUT2D eigenvalue weighted by Crippen LogP contribution is -2.35. The second kappa shape index (κ2) is 5.72. The average Bonchev–Trinajstić information content (AvgIpc) is 3.09. The van der Waals surface area contributed by atoms with Gasteiger partial charge >= 0.3 is 0 Å². The standard InChI is InChI=1S/C16H25ClN2/c1-16(2,3)18-10-13-9-14(17)7-8-15(13)19(4)11-12-5-6-12/h7-9,12,18H,5-6,10-11H2,1-4H3. The van der Waals surface area contributed by atoms with E-state index < -0.39 is 0 Å². The molecule has 0 heterocycles. The molecule has 1 aromatic rings. The van der Waals surface area contributed by atoms with Gasteiger partial charge in [-0.05, 0) is 63.3 Å².